The van der Waals surface area contributed by atoms with Crippen molar-refractivity contribution < 1.29 is 18.3 Å². The zero-order valence-corrected chi connectivity index (χ0v) is 25.5. The molecule has 0 amide bonds. The maximum absolute atomic E-state index is 13.4. The van der Waals surface area contributed by atoms with Crippen LogP contribution in [0.25, 0.3) is 21.7 Å². The van der Waals surface area contributed by atoms with E-state index in [1.165, 1.54) is 30.5 Å². The number of sulfonamides is 1. The van der Waals surface area contributed by atoms with Crippen LogP contribution in [0.1, 0.15) is 11.1 Å². The van der Waals surface area contributed by atoms with Crippen molar-refractivity contribution >= 4 is 49.7 Å². The number of aliphatic carboxylic acids is 1. The molecule has 4 N–H and O–H groups in total. The number of nitrogens with one attached hydrogen (secondary N) is 1. The van der Waals surface area contributed by atoms with Gasteiger partial charge in [0.15, 0.2) is 5.13 Å². The van der Waals surface area contributed by atoms with Crippen LogP contribution < -0.4 is 11.1 Å². The Morgan fingerprint density at radius 1 is 0.930 bits per heavy atom. The number of carbonyl (C=O) groups is 1. The van der Waals surface area contributed by atoms with Gasteiger partial charge in [-0.1, -0.05) is 89.7 Å². The van der Waals surface area contributed by atoms with Gasteiger partial charge in [-0.05, 0) is 59.5 Å². The predicted molar refractivity (Wildman–Crippen MR) is 172 cm³/mol. The van der Waals surface area contributed by atoms with E-state index in [0.29, 0.717) is 22.4 Å². The number of thiazole rings is 1. The van der Waals surface area contributed by atoms with Gasteiger partial charge in [-0.15, -0.1) is 0 Å². The van der Waals surface area contributed by atoms with Gasteiger partial charge in [0.05, 0.1) is 15.5 Å². The number of hydrogen-bond acceptors (Lipinski definition) is 7. The smallest absolute Gasteiger partial charge is 0.322 e. The van der Waals surface area contributed by atoms with Crippen LogP contribution in [0, 0.1) is 0 Å². The molecule has 0 spiro atoms. The quantitative estimate of drug-likeness (QED) is 0.149. The summed E-state index contributed by atoms with van der Waals surface area (Å²) in [6, 6.07) is 29.3. The number of rotatable bonds is 11. The lowest BCUT2D eigenvalue weighted by molar-refractivity contribution is -0.141. The molecule has 8 nitrogen and oxygen atoms in total. The summed E-state index contributed by atoms with van der Waals surface area (Å²) in [5.74, 6) is -1.22. The Bertz CT molecular complexity index is 1810. The molecule has 0 aliphatic carbocycles. The number of benzene rings is 4. The molecule has 0 aliphatic heterocycles. The number of carboxylic acid groups (broad SMARTS) is 1. The average molecular weight is 633 g/mol. The van der Waals surface area contributed by atoms with E-state index < -0.39 is 22.0 Å². The van der Waals surface area contributed by atoms with Crippen LogP contribution in [0.5, 0.6) is 0 Å². The molecule has 0 saturated heterocycles. The molecule has 5 rings (SSSR count). The minimum Gasteiger partial charge on any atom is -0.480 e. The van der Waals surface area contributed by atoms with E-state index in [-0.39, 0.29) is 11.3 Å². The van der Waals surface area contributed by atoms with Crippen molar-refractivity contribution in [2.75, 3.05) is 12.4 Å². The molecule has 1 atom stereocenters. The van der Waals surface area contributed by atoms with Crippen LogP contribution in [-0.2, 0) is 27.8 Å². The summed E-state index contributed by atoms with van der Waals surface area (Å²) in [5, 5.41) is 14.3. The van der Waals surface area contributed by atoms with Crippen LogP contribution >= 0.6 is 22.9 Å². The third-order valence-electron chi connectivity index (χ3n) is 6.98. The second-order valence-corrected chi connectivity index (χ2v) is 13.3. The molecule has 4 aromatic carbocycles. The topological polar surface area (TPSA) is 126 Å². The van der Waals surface area contributed by atoms with Gasteiger partial charge in [-0.25, -0.2) is 13.4 Å². The molecule has 0 aliphatic rings. The van der Waals surface area contributed by atoms with Gasteiger partial charge in [0.2, 0.25) is 10.0 Å². The molecule has 0 fully saturated rings. The van der Waals surface area contributed by atoms with Crippen molar-refractivity contribution in [1.82, 2.24) is 9.29 Å². The summed E-state index contributed by atoms with van der Waals surface area (Å²) < 4.78 is 27.7. The molecule has 5 aromatic rings. The van der Waals surface area contributed by atoms with Gasteiger partial charge < -0.3 is 16.2 Å². The van der Waals surface area contributed by atoms with Gasteiger partial charge >= 0.3 is 5.97 Å². The van der Waals surface area contributed by atoms with E-state index in [9.17, 15) is 18.3 Å². The van der Waals surface area contributed by atoms with Crippen LogP contribution in [0.15, 0.2) is 108 Å². The fraction of sp³-hybridized carbons (Fsp3) is 0.125. The number of nitrogens with zero attached hydrogens (tertiary/aromatic N) is 2. The third kappa shape index (κ3) is 6.96. The molecule has 0 bridgehead atoms. The third-order valence-corrected chi connectivity index (χ3v) is 10.1. The largest absolute Gasteiger partial charge is 0.480 e. The molecule has 0 saturated carbocycles. The van der Waals surface area contributed by atoms with E-state index in [1.54, 1.807) is 36.4 Å². The highest BCUT2D eigenvalue weighted by Gasteiger charge is 2.33. The fourth-order valence-corrected chi connectivity index (χ4v) is 6.99. The normalized spacial score (nSPS) is 12.3. The van der Waals surface area contributed by atoms with Gasteiger partial charge in [0.1, 0.15) is 6.04 Å². The maximum atomic E-state index is 13.4. The summed E-state index contributed by atoms with van der Waals surface area (Å²) in [7, 11) is -2.79. The first-order valence-corrected chi connectivity index (χ1v) is 16.0. The van der Waals surface area contributed by atoms with Gasteiger partial charge in [0.25, 0.3) is 0 Å². The Hall–Kier alpha value is -4.06. The van der Waals surface area contributed by atoms with Crippen molar-refractivity contribution in [3.63, 3.8) is 0 Å². The summed E-state index contributed by atoms with van der Waals surface area (Å²) in [6.07, 6.45) is 0.0445. The first-order valence-electron chi connectivity index (χ1n) is 13.3. The van der Waals surface area contributed by atoms with Crippen molar-refractivity contribution in [1.29, 1.82) is 0 Å². The van der Waals surface area contributed by atoms with Crippen molar-refractivity contribution in [3.05, 3.63) is 119 Å². The molecular weight excluding hydrogens is 604 g/mol. The summed E-state index contributed by atoms with van der Waals surface area (Å²) in [5.41, 5.74) is 10.8. The zero-order valence-electron chi connectivity index (χ0n) is 23.1. The van der Waals surface area contributed by atoms with E-state index >= 15 is 0 Å². The van der Waals surface area contributed by atoms with E-state index in [4.69, 9.17) is 22.3 Å². The minimum absolute atomic E-state index is 0.0125. The minimum atomic E-state index is -4.08. The van der Waals surface area contributed by atoms with Gasteiger partial charge in [-0.3, -0.25) is 4.79 Å². The highest BCUT2D eigenvalue weighted by Crippen LogP contribution is 2.40. The van der Waals surface area contributed by atoms with E-state index in [1.807, 2.05) is 54.6 Å². The number of aromatic nitrogens is 1. The monoisotopic (exact) mass is 632 g/mol. The number of nitrogens with two attached hydrogens (primary N) is 1. The zero-order chi connectivity index (χ0) is 30.6. The number of hydrogen-bond donors (Lipinski definition) is 3. The summed E-state index contributed by atoms with van der Waals surface area (Å²) in [6.45, 7) is 0.450. The first kappa shape index (κ1) is 30.4. The van der Waals surface area contributed by atoms with Crippen molar-refractivity contribution in [3.8, 4) is 21.7 Å². The second kappa shape index (κ2) is 13.1. The lowest BCUT2D eigenvalue weighted by atomic mass is 10.1. The maximum Gasteiger partial charge on any atom is 0.322 e. The van der Waals surface area contributed by atoms with Gasteiger partial charge in [0, 0.05) is 29.9 Å². The molecule has 0 radical (unpaired) electrons. The van der Waals surface area contributed by atoms with Crippen LogP contribution in [-0.4, -0.2) is 41.9 Å². The standard InChI is InChI=1S/C32H29ClN4O4S2/c1-37(28(31(38)39)19-21-5-3-2-4-6-21)43(40,41)27-17-15-26(16-18-27)35-32-36-29(23-11-13-25(33)14-12-23)30(42-32)24-9-7-22(20-34)8-10-24/h2-18,28H,19-20,34H2,1H3,(H,35,36)(H,38,39). The number of halogens is 1. The van der Waals surface area contributed by atoms with Crippen LogP contribution in [0.2, 0.25) is 5.02 Å². The Morgan fingerprint density at radius 2 is 1.56 bits per heavy atom. The first-order chi connectivity index (χ1) is 20.7. The highest BCUT2D eigenvalue weighted by molar-refractivity contribution is 7.89. The molecule has 43 heavy (non-hydrogen) atoms. The lowest BCUT2D eigenvalue weighted by Gasteiger charge is -2.24. The fourth-order valence-electron chi connectivity index (χ4n) is 4.54. The van der Waals surface area contributed by atoms with Gasteiger partial charge in [-0.2, -0.15) is 4.31 Å². The Balaban J connectivity index is 1.40. The van der Waals surface area contributed by atoms with E-state index in [0.717, 1.165) is 37.1 Å². The molecule has 1 aromatic heterocycles. The predicted octanol–water partition coefficient (Wildman–Crippen LogP) is 6.65. The SMILES string of the molecule is CN(C(Cc1ccccc1)C(=O)O)S(=O)(=O)c1ccc(Nc2nc(-c3ccc(Cl)cc3)c(-c3ccc(CN)cc3)s2)cc1. The number of carboxylic acids is 1. The molecule has 1 unspecified atom stereocenters. The summed E-state index contributed by atoms with van der Waals surface area (Å²) in [4.78, 5) is 17.8. The highest BCUT2D eigenvalue weighted by atomic mass is 35.5. The Morgan fingerprint density at radius 3 is 2.16 bits per heavy atom. The summed E-state index contributed by atoms with van der Waals surface area (Å²) >= 11 is 7.58. The number of likely N-dealkylation sites (N-methyl/N-ethyl adjacent to an activating group) is 1. The lowest BCUT2D eigenvalue weighted by Crippen LogP contribution is -2.43. The molecule has 11 heteroatoms. The van der Waals surface area contributed by atoms with Crippen molar-refractivity contribution in [2.24, 2.45) is 5.73 Å². The Kier molecular flexibility index (Phi) is 9.24. The van der Waals surface area contributed by atoms with Crippen molar-refractivity contribution in [2.45, 2.75) is 23.9 Å². The molecule has 220 valence electrons. The average Bonchev–Trinajstić information content (AvgIpc) is 3.44. The second-order valence-electron chi connectivity index (χ2n) is 9.82. The molecular formula is C32H29ClN4O4S2. The Labute approximate surface area is 259 Å². The number of anilines is 2. The van der Waals surface area contributed by atoms with E-state index in [2.05, 4.69) is 5.32 Å². The molecule has 1 heterocycles. The van der Waals surface area contributed by atoms with Crippen LogP contribution in [0.4, 0.5) is 10.8 Å². The van der Waals surface area contributed by atoms with Crippen LogP contribution in [0.3, 0.4) is 0 Å².